The third-order valence-electron chi connectivity index (χ3n) is 5.17. The molecule has 1 aliphatic carbocycles. The van der Waals surface area contributed by atoms with Crippen molar-refractivity contribution >= 4 is 26.8 Å². The summed E-state index contributed by atoms with van der Waals surface area (Å²) in [5.41, 5.74) is 2.58. The first-order valence-corrected chi connectivity index (χ1v) is 10.8. The molecule has 1 aromatic heterocycles. The van der Waals surface area contributed by atoms with Crippen LogP contribution in [0.5, 0.6) is 0 Å². The number of sulfone groups is 1. The molecule has 3 aromatic rings. The van der Waals surface area contributed by atoms with Gasteiger partial charge in [0.1, 0.15) is 5.82 Å². The summed E-state index contributed by atoms with van der Waals surface area (Å²) >= 11 is 0. The number of carbonyl (C=O) groups is 1. The van der Waals surface area contributed by atoms with E-state index in [2.05, 4.69) is 4.57 Å². The van der Waals surface area contributed by atoms with Crippen molar-refractivity contribution in [3.63, 3.8) is 0 Å². The van der Waals surface area contributed by atoms with Crippen LogP contribution in [0.15, 0.2) is 47.4 Å². The Labute approximate surface area is 157 Å². The molecule has 1 N–H and O–H groups in total. The van der Waals surface area contributed by atoms with Crippen molar-refractivity contribution in [3.8, 4) is 11.4 Å². The molecule has 0 saturated heterocycles. The number of aromatic nitrogens is 2. The van der Waals surface area contributed by atoms with Crippen LogP contribution in [0.2, 0.25) is 0 Å². The standard InChI is InChI=1S/C20H20N2O4S/c1-27(25,26)16-9-6-13(7-10-16)19-21-17-12-14(20(23)24)8-11-18(17)22(19)15-4-2-3-5-15/h6-12,15H,2-5H2,1H3,(H,23,24). The average molecular weight is 384 g/mol. The van der Waals surface area contributed by atoms with E-state index in [-0.39, 0.29) is 10.5 Å². The Hall–Kier alpha value is -2.67. The van der Waals surface area contributed by atoms with E-state index in [0.717, 1.165) is 42.6 Å². The summed E-state index contributed by atoms with van der Waals surface area (Å²) < 4.78 is 25.6. The normalized spacial score (nSPS) is 15.4. The van der Waals surface area contributed by atoms with E-state index in [1.807, 2.05) is 6.07 Å². The Kier molecular flexibility index (Phi) is 4.26. The van der Waals surface area contributed by atoms with E-state index < -0.39 is 15.8 Å². The summed E-state index contributed by atoms with van der Waals surface area (Å²) in [6, 6.07) is 12.0. The largest absolute Gasteiger partial charge is 0.478 e. The van der Waals surface area contributed by atoms with Gasteiger partial charge in [-0.25, -0.2) is 18.2 Å². The molecule has 6 nitrogen and oxygen atoms in total. The van der Waals surface area contributed by atoms with Crippen LogP contribution in [0.3, 0.4) is 0 Å². The summed E-state index contributed by atoms with van der Waals surface area (Å²) in [5.74, 6) is -0.231. The third-order valence-corrected chi connectivity index (χ3v) is 6.30. The minimum Gasteiger partial charge on any atom is -0.478 e. The van der Waals surface area contributed by atoms with Gasteiger partial charge in [-0.15, -0.1) is 0 Å². The van der Waals surface area contributed by atoms with Gasteiger partial charge < -0.3 is 9.67 Å². The van der Waals surface area contributed by atoms with Crippen LogP contribution in [-0.4, -0.2) is 35.3 Å². The molecule has 0 atom stereocenters. The van der Waals surface area contributed by atoms with Gasteiger partial charge in [-0.2, -0.15) is 0 Å². The highest BCUT2D eigenvalue weighted by Crippen LogP contribution is 2.37. The molecular weight excluding hydrogens is 364 g/mol. The minimum absolute atomic E-state index is 0.206. The molecule has 4 rings (SSSR count). The molecule has 1 heterocycles. The van der Waals surface area contributed by atoms with Crippen molar-refractivity contribution in [2.45, 2.75) is 36.6 Å². The zero-order chi connectivity index (χ0) is 19.2. The van der Waals surface area contributed by atoms with Crippen LogP contribution in [-0.2, 0) is 9.84 Å². The summed E-state index contributed by atoms with van der Waals surface area (Å²) in [5, 5.41) is 9.26. The molecule has 0 spiro atoms. The number of imidazole rings is 1. The van der Waals surface area contributed by atoms with Gasteiger partial charge in [0.2, 0.25) is 0 Å². The first-order valence-electron chi connectivity index (χ1n) is 8.90. The first-order chi connectivity index (χ1) is 12.8. The number of hydrogen-bond donors (Lipinski definition) is 1. The van der Waals surface area contributed by atoms with Crippen molar-refractivity contribution in [1.29, 1.82) is 0 Å². The lowest BCUT2D eigenvalue weighted by Gasteiger charge is -2.16. The van der Waals surface area contributed by atoms with Crippen LogP contribution < -0.4 is 0 Å². The molecule has 0 unspecified atom stereocenters. The quantitative estimate of drug-likeness (QED) is 0.736. The van der Waals surface area contributed by atoms with Crippen molar-refractivity contribution in [2.75, 3.05) is 6.26 Å². The number of hydrogen-bond acceptors (Lipinski definition) is 4. The fourth-order valence-corrected chi connectivity index (χ4v) is 4.45. The Morgan fingerprint density at radius 3 is 2.37 bits per heavy atom. The van der Waals surface area contributed by atoms with Gasteiger partial charge in [0.15, 0.2) is 9.84 Å². The lowest BCUT2D eigenvalue weighted by atomic mass is 10.1. The lowest BCUT2D eigenvalue weighted by Crippen LogP contribution is -2.07. The third kappa shape index (κ3) is 3.23. The highest BCUT2D eigenvalue weighted by atomic mass is 32.2. The molecule has 1 fully saturated rings. The van der Waals surface area contributed by atoms with E-state index in [4.69, 9.17) is 4.98 Å². The highest BCUT2D eigenvalue weighted by molar-refractivity contribution is 7.90. The van der Waals surface area contributed by atoms with Gasteiger partial charge in [-0.3, -0.25) is 0 Å². The van der Waals surface area contributed by atoms with Gasteiger partial charge in [-0.1, -0.05) is 12.8 Å². The van der Waals surface area contributed by atoms with Crippen LogP contribution in [0.1, 0.15) is 42.1 Å². The second-order valence-corrected chi connectivity index (χ2v) is 9.06. The number of benzene rings is 2. The van der Waals surface area contributed by atoms with E-state index in [1.54, 1.807) is 36.4 Å². The first kappa shape index (κ1) is 17.7. The maximum Gasteiger partial charge on any atom is 0.335 e. The lowest BCUT2D eigenvalue weighted by molar-refractivity contribution is 0.0697. The monoisotopic (exact) mass is 384 g/mol. The summed E-state index contributed by atoms with van der Waals surface area (Å²) in [4.78, 5) is 16.3. The predicted molar refractivity (Wildman–Crippen MR) is 103 cm³/mol. The summed E-state index contributed by atoms with van der Waals surface area (Å²) in [7, 11) is -3.26. The highest BCUT2D eigenvalue weighted by Gasteiger charge is 2.24. The second kappa shape index (κ2) is 6.49. The van der Waals surface area contributed by atoms with Crippen molar-refractivity contribution < 1.29 is 18.3 Å². The number of fused-ring (bicyclic) bond motifs is 1. The number of carboxylic acid groups (broad SMARTS) is 1. The van der Waals surface area contributed by atoms with E-state index in [9.17, 15) is 18.3 Å². The minimum atomic E-state index is -3.26. The molecule has 7 heteroatoms. The van der Waals surface area contributed by atoms with Gasteiger partial charge >= 0.3 is 5.97 Å². The molecule has 0 bridgehead atoms. The molecule has 1 aliphatic rings. The molecule has 0 aliphatic heterocycles. The fraction of sp³-hybridized carbons (Fsp3) is 0.300. The maximum absolute atomic E-state index is 11.7. The SMILES string of the molecule is CS(=O)(=O)c1ccc(-c2nc3cc(C(=O)O)ccc3n2C2CCCC2)cc1. The smallest absolute Gasteiger partial charge is 0.335 e. The fourth-order valence-electron chi connectivity index (χ4n) is 3.82. The second-order valence-electron chi connectivity index (χ2n) is 7.05. The Balaban J connectivity index is 1.90. The zero-order valence-electron chi connectivity index (χ0n) is 14.9. The Morgan fingerprint density at radius 1 is 1.11 bits per heavy atom. The summed E-state index contributed by atoms with van der Waals surface area (Å²) in [6.07, 6.45) is 5.61. The van der Waals surface area contributed by atoms with Crippen LogP contribution >= 0.6 is 0 Å². The predicted octanol–water partition coefficient (Wildman–Crippen LogP) is 3.92. The van der Waals surface area contributed by atoms with Gasteiger partial charge in [0.25, 0.3) is 0 Å². The summed E-state index contributed by atoms with van der Waals surface area (Å²) in [6.45, 7) is 0. The number of nitrogens with zero attached hydrogens (tertiary/aromatic N) is 2. The van der Waals surface area contributed by atoms with E-state index in [1.165, 1.54) is 6.26 Å². The molecule has 0 amide bonds. The Bertz CT molecular complexity index is 1120. The van der Waals surface area contributed by atoms with Crippen LogP contribution in [0.25, 0.3) is 22.4 Å². The topological polar surface area (TPSA) is 89.3 Å². The maximum atomic E-state index is 11.7. The van der Waals surface area contributed by atoms with Gasteiger partial charge in [0.05, 0.1) is 21.5 Å². The van der Waals surface area contributed by atoms with E-state index in [0.29, 0.717) is 11.6 Å². The Morgan fingerprint density at radius 2 is 1.78 bits per heavy atom. The van der Waals surface area contributed by atoms with Crippen LogP contribution in [0, 0.1) is 0 Å². The molecular formula is C20H20N2O4S. The average Bonchev–Trinajstić information content (AvgIpc) is 3.27. The number of aromatic carboxylic acids is 1. The number of rotatable bonds is 4. The number of carboxylic acids is 1. The van der Waals surface area contributed by atoms with E-state index >= 15 is 0 Å². The van der Waals surface area contributed by atoms with Crippen LogP contribution in [0.4, 0.5) is 0 Å². The van der Waals surface area contributed by atoms with Crippen molar-refractivity contribution in [3.05, 3.63) is 48.0 Å². The van der Waals surface area contributed by atoms with Crippen molar-refractivity contribution in [1.82, 2.24) is 9.55 Å². The van der Waals surface area contributed by atoms with Gasteiger partial charge in [-0.05, 0) is 55.3 Å². The molecule has 27 heavy (non-hydrogen) atoms. The van der Waals surface area contributed by atoms with Crippen molar-refractivity contribution in [2.24, 2.45) is 0 Å². The molecule has 140 valence electrons. The zero-order valence-corrected chi connectivity index (χ0v) is 15.7. The molecule has 0 radical (unpaired) electrons. The molecule has 1 saturated carbocycles. The molecule has 2 aromatic carbocycles. The van der Waals surface area contributed by atoms with Gasteiger partial charge in [0, 0.05) is 17.9 Å².